The second-order valence-corrected chi connectivity index (χ2v) is 4.14. The van der Waals surface area contributed by atoms with Crippen molar-refractivity contribution >= 4 is 11.6 Å². The molecular weight excluding hydrogens is 198 g/mol. The third-order valence-corrected chi connectivity index (χ3v) is 3.10. The number of hydrogen-bond donors (Lipinski definition) is 2. The number of hydrogen-bond acceptors (Lipinski definition) is 2. The number of phenols is 1. The maximum atomic E-state index is 9.48. The molecule has 0 bridgehead atoms. The van der Waals surface area contributed by atoms with Crippen LogP contribution in [0.25, 0.3) is 0 Å². The third kappa shape index (κ3) is 2.02. The predicted octanol–water partition coefficient (Wildman–Crippen LogP) is 2.51. The molecule has 0 amide bonds. The summed E-state index contributed by atoms with van der Waals surface area (Å²) in [5.74, 6) is 0.766. The molecule has 14 heavy (non-hydrogen) atoms. The van der Waals surface area contributed by atoms with Gasteiger partial charge in [0.1, 0.15) is 5.75 Å². The maximum absolute atomic E-state index is 9.48. The number of phenolic OH excluding ortho intramolecular Hbond substituents is 1. The van der Waals surface area contributed by atoms with E-state index in [4.69, 9.17) is 11.6 Å². The summed E-state index contributed by atoms with van der Waals surface area (Å²) in [6.45, 7) is 2.13. The van der Waals surface area contributed by atoms with Crippen LogP contribution in [0.15, 0.2) is 18.2 Å². The van der Waals surface area contributed by atoms with Gasteiger partial charge in [0.05, 0.1) is 5.02 Å². The van der Waals surface area contributed by atoms with Crippen LogP contribution in [0.1, 0.15) is 24.3 Å². The van der Waals surface area contributed by atoms with Crippen molar-refractivity contribution in [2.75, 3.05) is 13.1 Å². The van der Waals surface area contributed by atoms with Gasteiger partial charge in [-0.25, -0.2) is 0 Å². The van der Waals surface area contributed by atoms with E-state index in [9.17, 15) is 5.11 Å². The summed E-state index contributed by atoms with van der Waals surface area (Å²) >= 11 is 5.76. The van der Waals surface area contributed by atoms with Gasteiger partial charge >= 0.3 is 0 Å². The minimum Gasteiger partial charge on any atom is -0.506 e. The second-order valence-electron chi connectivity index (χ2n) is 3.74. The summed E-state index contributed by atoms with van der Waals surface area (Å²) < 4.78 is 0. The Hall–Kier alpha value is -0.730. The van der Waals surface area contributed by atoms with Crippen LogP contribution in [-0.4, -0.2) is 18.2 Å². The molecule has 76 valence electrons. The molecule has 1 heterocycles. The number of nitrogens with one attached hydrogen (secondary N) is 1. The normalized spacial score (nSPS) is 18.4. The predicted molar refractivity (Wildman–Crippen MR) is 58.0 cm³/mol. The zero-order valence-corrected chi connectivity index (χ0v) is 8.72. The average molecular weight is 212 g/mol. The van der Waals surface area contributed by atoms with Crippen LogP contribution in [0.4, 0.5) is 0 Å². The largest absolute Gasteiger partial charge is 0.506 e. The zero-order valence-electron chi connectivity index (χ0n) is 7.96. The van der Waals surface area contributed by atoms with Gasteiger partial charge < -0.3 is 10.4 Å². The lowest BCUT2D eigenvalue weighted by Crippen LogP contribution is -2.26. The Morgan fingerprint density at radius 1 is 1.29 bits per heavy atom. The highest BCUT2D eigenvalue weighted by molar-refractivity contribution is 6.32. The zero-order chi connectivity index (χ0) is 9.97. The molecule has 0 aromatic heterocycles. The molecule has 2 nitrogen and oxygen atoms in total. The minimum absolute atomic E-state index is 0.197. The van der Waals surface area contributed by atoms with E-state index in [2.05, 4.69) is 5.32 Å². The van der Waals surface area contributed by atoms with Gasteiger partial charge in [-0.3, -0.25) is 0 Å². The van der Waals surface area contributed by atoms with Crippen molar-refractivity contribution in [3.8, 4) is 5.75 Å². The van der Waals surface area contributed by atoms with Crippen molar-refractivity contribution < 1.29 is 5.11 Å². The van der Waals surface area contributed by atoms with Crippen LogP contribution in [0.5, 0.6) is 5.75 Å². The Kier molecular flexibility index (Phi) is 2.94. The van der Waals surface area contributed by atoms with Gasteiger partial charge in [0.2, 0.25) is 0 Å². The van der Waals surface area contributed by atoms with Crippen LogP contribution in [0.3, 0.4) is 0 Å². The van der Waals surface area contributed by atoms with E-state index in [0.717, 1.165) is 25.9 Å². The molecule has 0 unspecified atom stereocenters. The van der Waals surface area contributed by atoms with Crippen molar-refractivity contribution in [1.82, 2.24) is 5.32 Å². The van der Waals surface area contributed by atoms with Gasteiger partial charge in [-0.2, -0.15) is 0 Å². The van der Waals surface area contributed by atoms with Gasteiger partial charge in [0.15, 0.2) is 0 Å². The van der Waals surface area contributed by atoms with E-state index < -0.39 is 0 Å². The van der Waals surface area contributed by atoms with Crippen molar-refractivity contribution in [1.29, 1.82) is 0 Å². The monoisotopic (exact) mass is 211 g/mol. The van der Waals surface area contributed by atoms with E-state index in [1.807, 2.05) is 6.07 Å². The first-order valence-corrected chi connectivity index (χ1v) is 5.34. The average Bonchev–Trinajstić information content (AvgIpc) is 2.23. The highest BCUT2D eigenvalue weighted by Gasteiger charge is 2.15. The highest BCUT2D eigenvalue weighted by atomic mass is 35.5. The number of aromatic hydroxyl groups is 1. The maximum Gasteiger partial charge on any atom is 0.134 e. The first-order valence-electron chi connectivity index (χ1n) is 4.96. The molecule has 3 heteroatoms. The summed E-state index contributed by atoms with van der Waals surface area (Å²) in [4.78, 5) is 0. The lowest BCUT2D eigenvalue weighted by molar-refractivity contribution is 0.451. The Morgan fingerprint density at radius 3 is 2.64 bits per heavy atom. The van der Waals surface area contributed by atoms with E-state index in [1.165, 1.54) is 5.56 Å². The van der Waals surface area contributed by atoms with E-state index in [-0.39, 0.29) is 5.75 Å². The van der Waals surface area contributed by atoms with Crippen LogP contribution in [0.2, 0.25) is 5.02 Å². The molecular formula is C11H14ClNO. The summed E-state index contributed by atoms with van der Waals surface area (Å²) in [6, 6.07) is 5.57. The Bertz CT molecular complexity index is 321. The first-order chi connectivity index (χ1) is 6.77. The Morgan fingerprint density at radius 2 is 2.00 bits per heavy atom. The van der Waals surface area contributed by atoms with Crippen molar-refractivity contribution in [3.05, 3.63) is 28.8 Å². The molecule has 2 N–H and O–H groups in total. The van der Waals surface area contributed by atoms with Gasteiger partial charge in [-0.1, -0.05) is 17.7 Å². The fourth-order valence-corrected chi connectivity index (χ4v) is 2.06. The molecule has 0 radical (unpaired) electrons. The van der Waals surface area contributed by atoms with Crippen LogP contribution in [-0.2, 0) is 0 Å². The number of piperidine rings is 1. The molecule has 1 saturated heterocycles. The Balaban J connectivity index is 2.18. The van der Waals surface area contributed by atoms with E-state index in [1.54, 1.807) is 12.1 Å². The molecule has 0 spiro atoms. The molecule has 0 saturated carbocycles. The number of halogens is 1. The SMILES string of the molecule is Oc1cc(C2CCNCC2)ccc1Cl. The number of benzene rings is 1. The summed E-state index contributed by atoms with van der Waals surface area (Å²) in [7, 11) is 0. The van der Waals surface area contributed by atoms with E-state index >= 15 is 0 Å². The van der Waals surface area contributed by atoms with Gasteiger partial charge in [-0.05, 0) is 49.5 Å². The fraction of sp³-hybridized carbons (Fsp3) is 0.455. The molecule has 2 rings (SSSR count). The lowest BCUT2D eigenvalue weighted by atomic mass is 9.90. The summed E-state index contributed by atoms with van der Waals surface area (Å²) in [5, 5.41) is 13.2. The highest BCUT2D eigenvalue weighted by Crippen LogP contribution is 2.31. The summed E-state index contributed by atoms with van der Waals surface area (Å²) in [5.41, 5.74) is 1.20. The minimum atomic E-state index is 0.197. The molecule has 1 aromatic rings. The summed E-state index contributed by atoms with van der Waals surface area (Å²) in [6.07, 6.45) is 2.28. The molecule has 0 aliphatic carbocycles. The molecule has 1 aromatic carbocycles. The quantitative estimate of drug-likeness (QED) is 0.748. The van der Waals surface area contributed by atoms with Crippen LogP contribution >= 0.6 is 11.6 Å². The van der Waals surface area contributed by atoms with Gasteiger partial charge in [-0.15, -0.1) is 0 Å². The molecule has 1 fully saturated rings. The topological polar surface area (TPSA) is 32.3 Å². The fourth-order valence-electron chi connectivity index (χ4n) is 1.94. The standard InChI is InChI=1S/C11H14ClNO/c12-10-2-1-9(7-11(10)14)8-3-5-13-6-4-8/h1-2,7-8,13-14H,3-6H2. The first kappa shape index (κ1) is 9.81. The molecule has 1 aliphatic heterocycles. The van der Waals surface area contributed by atoms with Gasteiger partial charge in [0.25, 0.3) is 0 Å². The van der Waals surface area contributed by atoms with E-state index in [0.29, 0.717) is 10.9 Å². The van der Waals surface area contributed by atoms with Gasteiger partial charge in [0, 0.05) is 0 Å². The van der Waals surface area contributed by atoms with Crippen LogP contribution in [0, 0.1) is 0 Å². The van der Waals surface area contributed by atoms with Crippen molar-refractivity contribution in [2.24, 2.45) is 0 Å². The molecule has 0 atom stereocenters. The smallest absolute Gasteiger partial charge is 0.134 e. The number of rotatable bonds is 1. The lowest BCUT2D eigenvalue weighted by Gasteiger charge is -2.23. The van der Waals surface area contributed by atoms with Crippen molar-refractivity contribution in [2.45, 2.75) is 18.8 Å². The third-order valence-electron chi connectivity index (χ3n) is 2.78. The Labute approximate surface area is 88.9 Å². The van der Waals surface area contributed by atoms with Crippen molar-refractivity contribution in [3.63, 3.8) is 0 Å². The second kappa shape index (κ2) is 4.20. The molecule has 1 aliphatic rings. The van der Waals surface area contributed by atoms with Crippen LogP contribution < -0.4 is 5.32 Å².